The van der Waals surface area contributed by atoms with E-state index in [0.717, 1.165) is 18.7 Å². The van der Waals surface area contributed by atoms with Crippen molar-refractivity contribution in [1.29, 1.82) is 0 Å². The van der Waals surface area contributed by atoms with E-state index in [1.165, 1.54) is 35.8 Å². The molecule has 0 spiro atoms. The van der Waals surface area contributed by atoms with Crippen molar-refractivity contribution < 1.29 is 4.79 Å². The third-order valence-electron chi connectivity index (χ3n) is 5.46. The summed E-state index contributed by atoms with van der Waals surface area (Å²) < 4.78 is 1.50. The molecule has 1 aromatic heterocycles. The van der Waals surface area contributed by atoms with Gasteiger partial charge in [0.05, 0.1) is 17.2 Å². The quantitative estimate of drug-likeness (QED) is 0.702. The molecule has 29 heavy (non-hydrogen) atoms. The molecule has 0 saturated carbocycles. The number of piperidine rings is 1. The second-order valence-corrected chi connectivity index (χ2v) is 7.50. The third kappa shape index (κ3) is 4.65. The number of para-hydroxylation sites is 1. The Labute approximate surface area is 170 Å². The highest BCUT2D eigenvalue weighted by atomic mass is 16.1. The fraction of sp³-hybridized carbons (Fsp3) is 0.348. The molecule has 6 nitrogen and oxygen atoms in total. The Hall–Kier alpha value is -3.15. The SMILES string of the molecule is O=C(CCn1cnc2ccccc2c1=O)NCc1ccc(N2CCCCC2)cc1. The number of anilines is 1. The number of nitrogens with one attached hydrogen (secondary N) is 1. The summed E-state index contributed by atoms with van der Waals surface area (Å²) in [6.07, 6.45) is 5.59. The van der Waals surface area contributed by atoms with Gasteiger partial charge in [0.15, 0.2) is 0 Å². The van der Waals surface area contributed by atoms with Crippen LogP contribution in [0.5, 0.6) is 0 Å². The molecule has 0 radical (unpaired) electrons. The Balaban J connectivity index is 1.29. The molecule has 1 N–H and O–H groups in total. The van der Waals surface area contributed by atoms with Gasteiger partial charge in [0.25, 0.3) is 5.56 Å². The zero-order valence-electron chi connectivity index (χ0n) is 16.5. The Kier molecular flexibility index (Phi) is 5.89. The number of rotatable bonds is 6. The van der Waals surface area contributed by atoms with Crippen LogP contribution in [-0.2, 0) is 17.9 Å². The van der Waals surface area contributed by atoms with Crippen LogP contribution in [-0.4, -0.2) is 28.5 Å². The first-order valence-electron chi connectivity index (χ1n) is 10.3. The minimum absolute atomic E-state index is 0.0786. The maximum Gasteiger partial charge on any atom is 0.261 e. The van der Waals surface area contributed by atoms with Gasteiger partial charge in [0.2, 0.25) is 5.91 Å². The van der Waals surface area contributed by atoms with Crippen molar-refractivity contribution >= 4 is 22.5 Å². The maximum atomic E-state index is 12.5. The van der Waals surface area contributed by atoms with Gasteiger partial charge >= 0.3 is 0 Å². The fourth-order valence-electron chi connectivity index (χ4n) is 3.75. The molecule has 4 rings (SSSR count). The molecular weight excluding hydrogens is 364 g/mol. The molecule has 2 aromatic carbocycles. The molecule has 150 valence electrons. The molecule has 2 heterocycles. The van der Waals surface area contributed by atoms with E-state index < -0.39 is 0 Å². The molecule has 1 amide bonds. The summed E-state index contributed by atoms with van der Waals surface area (Å²) in [5.41, 5.74) is 2.88. The standard InChI is InChI=1S/C23H26N4O2/c28-22(12-15-27-17-25-21-7-3-2-6-20(21)23(27)29)24-16-18-8-10-19(11-9-18)26-13-4-1-5-14-26/h2-3,6-11,17H,1,4-5,12-16H2,(H,24,28). The summed E-state index contributed by atoms with van der Waals surface area (Å²) in [5, 5.41) is 3.51. The zero-order valence-corrected chi connectivity index (χ0v) is 16.5. The summed E-state index contributed by atoms with van der Waals surface area (Å²) in [6, 6.07) is 15.6. The lowest BCUT2D eigenvalue weighted by Crippen LogP contribution is -2.29. The monoisotopic (exact) mass is 390 g/mol. The molecule has 1 aliphatic heterocycles. The summed E-state index contributed by atoms with van der Waals surface area (Å²) in [6.45, 7) is 3.05. The smallest absolute Gasteiger partial charge is 0.261 e. The molecule has 1 saturated heterocycles. The largest absolute Gasteiger partial charge is 0.372 e. The number of fused-ring (bicyclic) bond motifs is 1. The van der Waals surface area contributed by atoms with Gasteiger partial charge in [-0.25, -0.2) is 4.98 Å². The van der Waals surface area contributed by atoms with E-state index in [1.54, 1.807) is 6.07 Å². The minimum atomic E-state index is -0.114. The molecule has 3 aromatic rings. The molecule has 1 fully saturated rings. The molecule has 0 bridgehead atoms. The maximum absolute atomic E-state index is 12.5. The summed E-state index contributed by atoms with van der Waals surface area (Å²) in [7, 11) is 0. The average Bonchev–Trinajstić information content (AvgIpc) is 2.78. The number of carbonyl (C=O) groups is 1. The van der Waals surface area contributed by atoms with E-state index in [2.05, 4.69) is 39.5 Å². The van der Waals surface area contributed by atoms with Crippen LogP contribution in [0.25, 0.3) is 10.9 Å². The highest BCUT2D eigenvalue weighted by Crippen LogP contribution is 2.20. The number of hydrogen-bond acceptors (Lipinski definition) is 4. The van der Waals surface area contributed by atoms with E-state index in [-0.39, 0.29) is 17.9 Å². The average molecular weight is 390 g/mol. The molecule has 6 heteroatoms. The van der Waals surface area contributed by atoms with E-state index >= 15 is 0 Å². The molecule has 0 atom stereocenters. The highest BCUT2D eigenvalue weighted by Gasteiger charge is 2.11. The van der Waals surface area contributed by atoms with Crippen molar-refractivity contribution in [2.75, 3.05) is 18.0 Å². The Bertz CT molecular complexity index is 1040. The molecule has 0 aliphatic carbocycles. The van der Waals surface area contributed by atoms with Crippen LogP contribution in [0.1, 0.15) is 31.2 Å². The van der Waals surface area contributed by atoms with E-state index in [1.807, 2.05) is 18.2 Å². The van der Waals surface area contributed by atoms with Crippen molar-refractivity contribution in [3.8, 4) is 0 Å². The fourth-order valence-corrected chi connectivity index (χ4v) is 3.75. The number of amides is 1. The first kappa shape index (κ1) is 19.2. The number of nitrogens with zero attached hydrogens (tertiary/aromatic N) is 3. The lowest BCUT2D eigenvalue weighted by atomic mass is 10.1. The van der Waals surface area contributed by atoms with Gasteiger partial charge in [0, 0.05) is 38.3 Å². The van der Waals surface area contributed by atoms with Gasteiger partial charge in [0.1, 0.15) is 0 Å². The second kappa shape index (κ2) is 8.90. The predicted molar refractivity (Wildman–Crippen MR) is 115 cm³/mol. The van der Waals surface area contributed by atoms with Crippen molar-refractivity contribution in [3.63, 3.8) is 0 Å². The Morgan fingerprint density at radius 3 is 2.55 bits per heavy atom. The summed E-state index contributed by atoms with van der Waals surface area (Å²) in [4.78, 5) is 31.4. The van der Waals surface area contributed by atoms with Crippen LogP contribution < -0.4 is 15.8 Å². The Morgan fingerprint density at radius 2 is 1.76 bits per heavy atom. The van der Waals surface area contributed by atoms with E-state index in [4.69, 9.17) is 0 Å². The van der Waals surface area contributed by atoms with Crippen molar-refractivity contribution in [3.05, 3.63) is 70.8 Å². The van der Waals surface area contributed by atoms with Crippen LogP contribution in [0.4, 0.5) is 5.69 Å². The minimum Gasteiger partial charge on any atom is -0.372 e. The van der Waals surface area contributed by atoms with Crippen LogP contribution in [0.2, 0.25) is 0 Å². The molecule has 0 unspecified atom stereocenters. The number of aromatic nitrogens is 2. The topological polar surface area (TPSA) is 67.2 Å². The van der Waals surface area contributed by atoms with Crippen LogP contribution in [0.3, 0.4) is 0 Å². The normalized spacial score (nSPS) is 14.1. The van der Waals surface area contributed by atoms with Crippen molar-refractivity contribution in [2.45, 2.75) is 38.8 Å². The first-order chi connectivity index (χ1) is 14.2. The van der Waals surface area contributed by atoms with Crippen molar-refractivity contribution in [1.82, 2.24) is 14.9 Å². The predicted octanol–water partition coefficient (Wildman–Crippen LogP) is 3.09. The van der Waals surface area contributed by atoms with Crippen molar-refractivity contribution in [2.24, 2.45) is 0 Å². The summed E-state index contributed by atoms with van der Waals surface area (Å²) >= 11 is 0. The Morgan fingerprint density at radius 1 is 1.00 bits per heavy atom. The van der Waals surface area contributed by atoms with E-state index in [9.17, 15) is 9.59 Å². The van der Waals surface area contributed by atoms with Crippen LogP contribution in [0.15, 0.2) is 59.7 Å². The summed E-state index contributed by atoms with van der Waals surface area (Å²) in [5.74, 6) is -0.0786. The van der Waals surface area contributed by atoms with Gasteiger partial charge in [-0.3, -0.25) is 14.2 Å². The number of carbonyl (C=O) groups excluding carboxylic acids is 1. The van der Waals surface area contributed by atoms with Gasteiger partial charge < -0.3 is 10.2 Å². The lowest BCUT2D eigenvalue weighted by Gasteiger charge is -2.28. The third-order valence-corrected chi connectivity index (χ3v) is 5.46. The van der Waals surface area contributed by atoms with Gasteiger partial charge in [-0.15, -0.1) is 0 Å². The van der Waals surface area contributed by atoms with Gasteiger partial charge in [-0.1, -0.05) is 24.3 Å². The first-order valence-corrected chi connectivity index (χ1v) is 10.3. The lowest BCUT2D eigenvalue weighted by molar-refractivity contribution is -0.121. The number of benzene rings is 2. The number of hydrogen-bond donors (Lipinski definition) is 1. The second-order valence-electron chi connectivity index (χ2n) is 7.50. The van der Waals surface area contributed by atoms with Crippen LogP contribution >= 0.6 is 0 Å². The van der Waals surface area contributed by atoms with Gasteiger partial charge in [-0.05, 0) is 49.1 Å². The number of aryl methyl sites for hydroxylation is 1. The molecule has 1 aliphatic rings. The van der Waals surface area contributed by atoms with Gasteiger partial charge in [-0.2, -0.15) is 0 Å². The highest BCUT2D eigenvalue weighted by molar-refractivity contribution is 5.77. The molecular formula is C23H26N4O2. The van der Waals surface area contributed by atoms with E-state index in [0.29, 0.717) is 24.0 Å². The van der Waals surface area contributed by atoms with Crippen LogP contribution in [0, 0.1) is 0 Å². The zero-order chi connectivity index (χ0) is 20.1.